The zero-order valence-corrected chi connectivity index (χ0v) is 11.5. The van der Waals surface area contributed by atoms with Crippen LogP contribution in [0.3, 0.4) is 0 Å². The number of nitrogens with zero attached hydrogens (tertiary/aromatic N) is 2. The monoisotopic (exact) mass is 282 g/mol. The lowest BCUT2D eigenvalue weighted by molar-refractivity contribution is 1.10. The molecule has 0 bridgehead atoms. The minimum absolute atomic E-state index is 0.501. The Kier molecular flexibility index (Phi) is 3.89. The summed E-state index contributed by atoms with van der Waals surface area (Å²) in [4.78, 5) is 8.51. The Hall–Kier alpha value is -1.52. The van der Waals surface area contributed by atoms with Crippen molar-refractivity contribution in [3.05, 3.63) is 40.0 Å². The molecular formula is C12H12Cl2N4. The average Bonchev–Trinajstić information content (AvgIpc) is 2.33. The molecule has 0 radical (unpaired) electrons. The van der Waals surface area contributed by atoms with Gasteiger partial charge in [0.15, 0.2) is 0 Å². The van der Waals surface area contributed by atoms with Gasteiger partial charge in [0, 0.05) is 24.5 Å². The van der Waals surface area contributed by atoms with Crippen molar-refractivity contribution in [2.75, 3.05) is 17.7 Å². The van der Waals surface area contributed by atoms with E-state index in [2.05, 4.69) is 20.6 Å². The highest BCUT2D eigenvalue weighted by Gasteiger charge is 2.03. The molecule has 2 rings (SSSR count). The minimum atomic E-state index is 0.501. The fourth-order valence-corrected chi connectivity index (χ4v) is 1.76. The van der Waals surface area contributed by atoms with Crippen LogP contribution >= 0.6 is 23.2 Å². The summed E-state index contributed by atoms with van der Waals surface area (Å²) in [6, 6.07) is 7.17. The lowest BCUT2D eigenvalue weighted by Gasteiger charge is -2.08. The van der Waals surface area contributed by atoms with Gasteiger partial charge in [-0.05, 0) is 25.1 Å². The third-order valence-electron chi connectivity index (χ3n) is 2.27. The van der Waals surface area contributed by atoms with Gasteiger partial charge in [0.1, 0.15) is 5.82 Å². The molecule has 0 saturated carbocycles. The Morgan fingerprint density at radius 3 is 2.50 bits per heavy atom. The van der Waals surface area contributed by atoms with Crippen LogP contribution in [0.2, 0.25) is 10.0 Å². The molecule has 0 aliphatic rings. The number of nitrogens with one attached hydrogen (secondary N) is 2. The number of halogens is 2. The predicted octanol–water partition coefficient (Wildman–Crippen LogP) is 3.88. The zero-order chi connectivity index (χ0) is 13.1. The molecule has 18 heavy (non-hydrogen) atoms. The van der Waals surface area contributed by atoms with Gasteiger partial charge in [-0.2, -0.15) is 4.98 Å². The number of hydrogen-bond donors (Lipinski definition) is 2. The summed E-state index contributed by atoms with van der Waals surface area (Å²) in [5.74, 6) is 1.27. The van der Waals surface area contributed by atoms with Crippen molar-refractivity contribution in [2.24, 2.45) is 0 Å². The number of hydrogen-bond acceptors (Lipinski definition) is 4. The van der Waals surface area contributed by atoms with Crippen LogP contribution in [0.25, 0.3) is 0 Å². The van der Waals surface area contributed by atoms with Gasteiger partial charge in [-0.3, -0.25) is 0 Å². The second kappa shape index (κ2) is 5.42. The van der Waals surface area contributed by atoms with E-state index in [1.165, 1.54) is 0 Å². The lowest BCUT2D eigenvalue weighted by Crippen LogP contribution is -2.01. The third kappa shape index (κ3) is 3.03. The van der Waals surface area contributed by atoms with Crippen LogP contribution in [0.15, 0.2) is 24.3 Å². The van der Waals surface area contributed by atoms with Gasteiger partial charge >= 0.3 is 0 Å². The molecule has 0 aliphatic heterocycles. The van der Waals surface area contributed by atoms with Gasteiger partial charge in [-0.15, -0.1) is 0 Å². The van der Waals surface area contributed by atoms with Crippen molar-refractivity contribution >= 4 is 40.7 Å². The normalized spacial score (nSPS) is 10.2. The first kappa shape index (κ1) is 12.9. The second-order valence-corrected chi connectivity index (χ2v) is 4.54. The SMILES string of the molecule is CNc1nc(C)cc(Nc2ccc(Cl)c(Cl)c2)n1. The Balaban J connectivity index is 2.27. The standard InChI is InChI=1S/C12H12Cl2N4/c1-7-5-11(18-12(15-2)16-7)17-8-3-4-9(13)10(14)6-8/h3-6H,1-2H3,(H2,15,16,17,18). The first-order valence-electron chi connectivity index (χ1n) is 5.34. The first-order valence-corrected chi connectivity index (χ1v) is 6.09. The molecular weight excluding hydrogens is 271 g/mol. The molecule has 4 nitrogen and oxygen atoms in total. The van der Waals surface area contributed by atoms with Gasteiger partial charge in [-0.1, -0.05) is 23.2 Å². The first-order chi connectivity index (χ1) is 8.58. The van der Waals surface area contributed by atoms with Crippen molar-refractivity contribution in [3.8, 4) is 0 Å². The highest BCUT2D eigenvalue weighted by Crippen LogP contribution is 2.26. The number of anilines is 3. The fourth-order valence-electron chi connectivity index (χ4n) is 1.47. The van der Waals surface area contributed by atoms with Crippen molar-refractivity contribution in [1.29, 1.82) is 0 Å². The molecule has 0 atom stereocenters. The van der Waals surface area contributed by atoms with Gasteiger partial charge in [0.2, 0.25) is 5.95 Å². The molecule has 0 unspecified atom stereocenters. The highest BCUT2D eigenvalue weighted by molar-refractivity contribution is 6.42. The molecule has 1 heterocycles. The van der Waals surface area contributed by atoms with Crippen molar-refractivity contribution in [1.82, 2.24) is 9.97 Å². The molecule has 94 valence electrons. The minimum Gasteiger partial charge on any atom is -0.357 e. The summed E-state index contributed by atoms with van der Waals surface area (Å²) in [5.41, 5.74) is 1.70. The molecule has 0 amide bonds. The maximum Gasteiger partial charge on any atom is 0.224 e. The van der Waals surface area contributed by atoms with Crippen LogP contribution in [-0.4, -0.2) is 17.0 Å². The third-order valence-corrected chi connectivity index (χ3v) is 3.01. The molecule has 2 aromatic rings. The van der Waals surface area contributed by atoms with E-state index in [0.717, 1.165) is 11.4 Å². The van der Waals surface area contributed by atoms with E-state index in [1.54, 1.807) is 19.2 Å². The molecule has 0 fully saturated rings. The van der Waals surface area contributed by atoms with E-state index in [4.69, 9.17) is 23.2 Å². The lowest BCUT2D eigenvalue weighted by atomic mass is 10.3. The number of benzene rings is 1. The van der Waals surface area contributed by atoms with Gasteiger partial charge in [0.05, 0.1) is 10.0 Å². The van der Waals surface area contributed by atoms with E-state index in [0.29, 0.717) is 21.8 Å². The van der Waals surface area contributed by atoms with E-state index in [9.17, 15) is 0 Å². The summed E-state index contributed by atoms with van der Waals surface area (Å²) >= 11 is 11.8. The Labute approximate surface area is 115 Å². The maximum absolute atomic E-state index is 5.95. The van der Waals surface area contributed by atoms with Gasteiger partial charge < -0.3 is 10.6 Å². The van der Waals surface area contributed by atoms with Crippen LogP contribution in [0.5, 0.6) is 0 Å². The summed E-state index contributed by atoms with van der Waals surface area (Å²) in [5, 5.41) is 7.08. The molecule has 0 saturated heterocycles. The molecule has 6 heteroatoms. The van der Waals surface area contributed by atoms with E-state index in [1.807, 2.05) is 19.1 Å². The van der Waals surface area contributed by atoms with Gasteiger partial charge in [-0.25, -0.2) is 4.98 Å². The quantitative estimate of drug-likeness (QED) is 0.897. The second-order valence-electron chi connectivity index (χ2n) is 3.72. The maximum atomic E-state index is 5.95. The van der Waals surface area contributed by atoms with E-state index >= 15 is 0 Å². The van der Waals surface area contributed by atoms with E-state index < -0.39 is 0 Å². The van der Waals surface area contributed by atoms with Crippen LogP contribution < -0.4 is 10.6 Å². The van der Waals surface area contributed by atoms with Crippen molar-refractivity contribution in [2.45, 2.75) is 6.92 Å². The Bertz CT molecular complexity index is 572. The molecule has 0 spiro atoms. The topological polar surface area (TPSA) is 49.8 Å². The number of aromatic nitrogens is 2. The average molecular weight is 283 g/mol. The van der Waals surface area contributed by atoms with Crippen LogP contribution in [0.4, 0.5) is 17.5 Å². The zero-order valence-electron chi connectivity index (χ0n) is 9.96. The smallest absolute Gasteiger partial charge is 0.224 e. The van der Waals surface area contributed by atoms with Gasteiger partial charge in [0.25, 0.3) is 0 Å². The Morgan fingerprint density at radius 2 is 1.83 bits per heavy atom. The Morgan fingerprint density at radius 1 is 1.06 bits per heavy atom. The van der Waals surface area contributed by atoms with E-state index in [-0.39, 0.29) is 0 Å². The molecule has 2 N–H and O–H groups in total. The summed E-state index contributed by atoms with van der Waals surface area (Å²) < 4.78 is 0. The van der Waals surface area contributed by atoms with Crippen LogP contribution in [0, 0.1) is 6.92 Å². The molecule has 1 aromatic heterocycles. The fraction of sp³-hybridized carbons (Fsp3) is 0.167. The molecule has 0 aliphatic carbocycles. The highest BCUT2D eigenvalue weighted by atomic mass is 35.5. The number of rotatable bonds is 3. The summed E-state index contributed by atoms with van der Waals surface area (Å²) in [7, 11) is 1.78. The van der Waals surface area contributed by atoms with Crippen LogP contribution in [-0.2, 0) is 0 Å². The largest absolute Gasteiger partial charge is 0.357 e. The van der Waals surface area contributed by atoms with Crippen molar-refractivity contribution in [3.63, 3.8) is 0 Å². The predicted molar refractivity (Wildman–Crippen MR) is 76.1 cm³/mol. The molecule has 1 aromatic carbocycles. The van der Waals surface area contributed by atoms with Crippen molar-refractivity contribution < 1.29 is 0 Å². The summed E-state index contributed by atoms with van der Waals surface area (Å²) in [6.07, 6.45) is 0. The van der Waals surface area contributed by atoms with Crippen LogP contribution in [0.1, 0.15) is 5.69 Å². The summed E-state index contributed by atoms with van der Waals surface area (Å²) in [6.45, 7) is 1.91. The number of aryl methyl sites for hydroxylation is 1.